The monoisotopic (exact) mass is 271 g/mol. The summed E-state index contributed by atoms with van der Waals surface area (Å²) in [5, 5.41) is 3.80. The molecule has 4 nitrogen and oxygen atoms in total. The van der Waals surface area contributed by atoms with E-state index in [2.05, 4.69) is 29.1 Å². The third kappa shape index (κ3) is 4.78. The van der Waals surface area contributed by atoms with Crippen LogP contribution < -0.4 is 5.32 Å². The summed E-state index contributed by atoms with van der Waals surface area (Å²) >= 11 is 6.09. The summed E-state index contributed by atoms with van der Waals surface area (Å²) in [5.74, 6) is 2.07. The van der Waals surface area contributed by atoms with Crippen molar-refractivity contribution in [3.63, 3.8) is 0 Å². The fraction of sp³-hybridized carbons (Fsp3) is 0.692. The number of halogens is 1. The van der Waals surface area contributed by atoms with Gasteiger partial charge < -0.3 is 10.1 Å². The predicted molar refractivity (Wildman–Crippen MR) is 75.3 cm³/mol. The number of nitrogens with zero attached hydrogens (tertiary/aromatic N) is 2. The van der Waals surface area contributed by atoms with Gasteiger partial charge in [0.15, 0.2) is 0 Å². The van der Waals surface area contributed by atoms with Crippen LogP contribution in [0.25, 0.3) is 0 Å². The molecule has 0 unspecified atom stereocenters. The van der Waals surface area contributed by atoms with Crippen molar-refractivity contribution in [2.24, 2.45) is 5.92 Å². The van der Waals surface area contributed by atoms with Crippen LogP contribution in [0.4, 0.5) is 5.82 Å². The standard InChI is InChI=1S/C13H22ClN3O/c1-5-11-12(14)16-10(4)17-13(11)15-6-7-18-8-9(2)3/h9H,5-8H2,1-4H3,(H,15,16,17). The summed E-state index contributed by atoms with van der Waals surface area (Å²) in [7, 11) is 0. The molecule has 1 N–H and O–H groups in total. The Hall–Kier alpha value is -0.870. The summed E-state index contributed by atoms with van der Waals surface area (Å²) in [6, 6.07) is 0. The summed E-state index contributed by atoms with van der Waals surface area (Å²) in [6.07, 6.45) is 0.814. The maximum Gasteiger partial charge on any atom is 0.138 e. The maximum atomic E-state index is 6.09. The third-order valence-electron chi connectivity index (χ3n) is 2.41. The second-order valence-electron chi connectivity index (χ2n) is 4.64. The lowest BCUT2D eigenvalue weighted by molar-refractivity contribution is 0.118. The van der Waals surface area contributed by atoms with Gasteiger partial charge in [0.2, 0.25) is 0 Å². The number of hydrogen-bond acceptors (Lipinski definition) is 4. The van der Waals surface area contributed by atoms with Crippen LogP contribution in [0.5, 0.6) is 0 Å². The molecule has 0 aromatic carbocycles. The number of rotatable bonds is 7. The van der Waals surface area contributed by atoms with Crippen LogP contribution in [-0.2, 0) is 11.2 Å². The first-order chi connectivity index (χ1) is 8.54. The lowest BCUT2D eigenvalue weighted by atomic mass is 10.2. The van der Waals surface area contributed by atoms with E-state index in [1.807, 2.05) is 13.8 Å². The first kappa shape index (κ1) is 15.2. The van der Waals surface area contributed by atoms with Crippen molar-refractivity contribution in [2.45, 2.75) is 34.1 Å². The lowest BCUT2D eigenvalue weighted by Crippen LogP contribution is -2.14. The minimum Gasteiger partial charge on any atom is -0.379 e. The molecule has 102 valence electrons. The van der Waals surface area contributed by atoms with E-state index in [4.69, 9.17) is 16.3 Å². The Morgan fingerprint density at radius 2 is 2.06 bits per heavy atom. The molecule has 0 atom stereocenters. The minimum atomic E-state index is 0.538. The molecule has 0 spiro atoms. The molecule has 5 heteroatoms. The molecule has 18 heavy (non-hydrogen) atoms. The highest BCUT2D eigenvalue weighted by atomic mass is 35.5. The van der Waals surface area contributed by atoms with Crippen LogP contribution in [0.3, 0.4) is 0 Å². The Labute approximate surface area is 114 Å². The molecule has 0 saturated carbocycles. The van der Waals surface area contributed by atoms with E-state index in [0.717, 1.165) is 31.0 Å². The highest BCUT2D eigenvalue weighted by Gasteiger charge is 2.09. The lowest BCUT2D eigenvalue weighted by Gasteiger charge is -2.12. The summed E-state index contributed by atoms with van der Waals surface area (Å²) in [5.41, 5.74) is 0.964. The topological polar surface area (TPSA) is 47.0 Å². The van der Waals surface area contributed by atoms with Crippen molar-refractivity contribution >= 4 is 17.4 Å². The quantitative estimate of drug-likeness (QED) is 0.612. The molecular weight excluding hydrogens is 250 g/mol. The zero-order valence-corrected chi connectivity index (χ0v) is 12.3. The molecule has 0 radical (unpaired) electrons. The molecule has 1 rings (SSSR count). The summed E-state index contributed by atoms with van der Waals surface area (Å²) < 4.78 is 5.51. The SMILES string of the molecule is CCc1c(Cl)nc(C)nc1NCCOCC(C)C. The molecule has 1 aromatic rings. The number of hydrogen-bond donors (Lipinski definition) is 1. The first-order valence-corrected chi connectivity index (χ1v) is 6.77. The molecule has 0 amide bonds. The number of aryl methyl sites for hydroxylation is 1. The summed E-state index contributed by atoms with van der Waals surface area (Å²) in [6.45, 7) is 10.3. The van der Waals surface area contributed by atoms with Gasteiger partial charge in [0.1, 0.15) is 16.8 Å². The van der Waals surface area contributed by atoms with Gasteiger partial charge in [-0.2, -0.15) is 0 Å². The zero-order valence-electron chi connectivity index (χ0n) is 11.6. The normalized spacial score (nSPS) is 11.0. The molecule has 1 heterocycles. The van der Waals surface area contributed by atoms with Gasteiger partial charge in [-0.15, -0.1) is 0 Å². The molecule has 1 aromatic heterocycles. The number of anilines is 1. The number of ether oxygens (including phenoxy) is 1. The van der Waals surface area contributed by atoms with Gasteiger partial charge in [-0.25, -0.2) is 9.97 Å². The fourth-order valence-corrected chi connectivity index (χ4v) is 1.93. The van der Waals surface area contributed by atoms with Crippen molar-refractivity contribution in [1.82, 2.24) is 9.97 Å². The minimum absolute atomic E-state index is 0.538. The highest BCUT2D eigenvalue weighted by Crippen LogP contribution is 2.21. The van der Waals surface area contributed by atoms with E-state index in [-0.39, 0.29) is 0 Å². The fourth-order valence-electron chi connectivity index (χ4n) is 1.58. The largest absolute Gasteiger partial charge is 0.379 e. The average Bonchev–Trinajstić information content (AvgIpc) is 2.27. The molecule has 0 fully saturated rings. The van der Waals surface area contributed by atoms with E-state index in [0.29, 0.717) is 23.5 Å². The van der Waals surface area contributed by atoms with Gasteiger partial charge in [0, 0.05) is 18.7 Å². The average molecular weight is 272 g/mol. The second kappa shape index (κ2) is 7.54. The van der Waals surface area contributed by atoms with Crippen LogP contribution in [0.1, 0.15) is 32.2 Å². The van der Waals surface area contributed by atoms with Crippen molar-refractivity contribution in [1.29, 1.82) is 0 Å². The van der Waals surface area contributed by atoms with Crippen molar-refractivity contribution in [3.05, 3.63) is 16.5 Å². The second-order valence-corrected chi connectivity index (χ2v) is 5.00. The van der Waals surface area contributed by atoms with Gasteiger partial charge in [-0.1, -0.05) is 32.4 Å². The Morgan fingerprint density at radius 1 is 1.33 bits per heavy atom. The maximum absolute atomic E-state index is 6.09. The van der Waals surface area contributed by atoms with Crippen LogP contribution in [0.2, 0.25) is 5.15 Å². The van der Waals surface area contributed by atoms with E-state index in [9.17, 15) is 0 Å². The number of aromatic nitrogens is 2. The smallest absolute Gasteiger partial charge is 0.138 e. The van der Waals surface area contributed by atoms with Crippen molar-refractivity contribution in [3.8, 4) is 0 Å². The highest BCUT2D eigenvalue weighted by molar-refractivity contribution is 6.30. The van der Waals surface area contributed by atoms with E-state index in [1.165, 1.54) is 0 Å². The third-order valence-corrected chi connectivity index (χ3v) is 2.72. The molecule has 0 aliphatic heterocycles. The van der Waals surface area contributed by atoms with Crippen molar-refractivity contribution in [2.75, 3.05) is 25.1 Å². The van der Waals surface area contributed by atoms with Gasteiger partial charge in [0.05, 0.1) is 6.61 Å². The van der Waals surface area contributed by atoms with Crippen molar-refractivity contribution < 1.29 is 4.74 Å². The van der Waals surface area contributed by atoms with Gasteiger partial charge >= 0.3 is 0 Å². The summed E-state index contributed by atoms with van der Waals surface area (Å²) in [4.78, 5) is 8.53. The Morgan fingerprint density at radius 3 is 2.67 bits per heavy atom. The number of nitrogens with one attached hydrogen (secondary N) is 1. The molecule has 0 aliphatic rings. The molecular formula is C13H22ClN3O. The predicted octanol–water partition coefficient (Wildman–Crippen LogP) is 3.09. The van der Waals surface area contributed by atoms with E-state index < -0.39 is 0 Å². The van der Waals surface area contributed by atoms with Gasteiger partial charge in [0.25, 0.3) is 0 Å². The van der Waals surface area contributed by atoms with E-state index >= 15 is 0 Å². The van der Waals surface area contributed by atoms with Gasteiger partial charge in [-0.3, -0.25) is 0 Å². The Kier molecular flexibility index (Phi) is 6.36. The van der Waals surface area contributed by atoms with Crippen LogP contribution in [0, 0.1) is 12.8 Å². The Bertz CT molecular complexity index is 383. The first-order valence-electron chi connectivity index (χ1n) is 6.39. The zero-order chi connectivity index (χ0) is 13.5. The molecule has 0 aliphatic carbocycles. The van der Waals surface area contributed by atoms with E-state index in [1.54, 1.807) is 0 Å². The van der Waals surface area contributed by atoms with Crippen LogP contribution in [0.15, 0.2) is 0 Å². The van der Waals surface area contributed by atoms with Crippen LogP contribution in [-0.4, -0.2) is 29.7 Å². The molecule has 0 saturated heterocycles. The van der Waals surface area contributed by atoms with Crippen LogP contribution >= 0.6 is 11.6 Å². The Balaban J connectivity index is 2.51. The van der Waals surface area contributed by atoms with Gasteiger partial charge in [-0.05, 0) is 19.3 Å². The molecule has 0 bridgehead atoms.